The Morgan fingerprint density at radius 1 is 1.21 bits per heavy atom. The molecule has 2 aromatic heterocycles. The van der Waals surface area contributed by atoms with Crippen molar-refractivity contribution < 1.29 is 0 Å². The van der Waals surface area contributed by atoms with E-state index in [2.05, 4.69) is 20.2 Å². The molecule has 1 aromatic carbocycles. The number of benzene rings is 1. The zero-order valence-corrected chi connectivity index (χ0v) is 14.4. The summed E-state index contributed by atoms with van der Waals surface area (Å²) >= 11 is 12.2. The van der Waals surface area contributed by atoms with Crippen molar-refractivity contribution in [1.29, 1.82) is 0 Å². The van der Waals surface area contributed by atoms with Gasteiger partial charge in [0.2, 0.25) is 0 Å². The lowest BCUT2D eigenvalue weighted by Gasteiger charge is -2.07. The predicted octanol–water partition coefficient (Wildman–Crippen LogP) is 4.20. The van der Waals surface area contributed by atoms with Crippen molar-refractivity contribution in [2.75, 3.05) is 0 Å². The van der Waals surface area contributed by atoms with Crippen LogP contribution in [-0.2, 0) is 6.42 Å². The Hall–Kier alpha value is -1.85. The zero-order chi connectivity index (χ0) is 16.7. The lowest BCUT2D eigenvalue weighted by atomic mass is 10.0. The smallest absolute Gasteiger partial charge is 0.276 e. The predicted molar refractivity (Wildman–Crippen MR) is 95.0 cm³/mol. The first-order valence-corrected chi connectivity index (χ1v) is 8.78. The zero-order valence-electron chi connectivity index (χ0n) is 12.9. The van der Waals surface area contributed by atoms with Crippen LogP contribution in [0.5, 0.6) is 0 Å². The number of rotatable bonds is 3. The third-order valence-corrected chi connectivity index (χ3v) is 5.20. The molecule has 0 radical (unpaired) electrons. The molecule has 1 aliphatic carbocycles. The highest BCUT2D eigenvalue weighted by Gasteiger charge is 2.24. The molecule has 1 aliphatic rings. The number of nitrogens with zero attached hydrogens (tertiary/aromatic N) is 2. The van der Waals surface area contributed by atoms with Gasteiger partial charge in [-0.2, -0.15) is 5.10 Å². The lowest BCUT2D eigenvalue weighted by Crippen LogP contribution is -2.12. The van der Waals surface area contributed by atoms with Gasteiger partial charge in [-0.3, -0.25) is 9.89 Å². The summed E-state index contributed by atoms with van der Waals surface area (Å²) in [5.74, 6) is 0.970. The Bertz CT molecular complexity index is 957. The SMILES string of the molecule is O=c1[nH]c(Cc2ccc(Cl)cc2Cl)nc2c(C3CCCC3)n[nH]c12. The molecule has 0 saturated heterocycles. The first-order chi connectivity index (χ1) is 11.6. The largest absolute Gasteiger partial charge is 0.308 e. The Labute approximate surface area is 148 Å². The molecule has 0 bridgehead atoms. The molecule has 0 amide bonds. The molecule has 124 valence electrons. The minimum absolute atomic E-state index is 0.197. The number of nitrogens with one attached hydrogen (secondary N) is 2. The molecular formula is C17H16Cl2N4O. The van der Waals surface area contributed by atoms with Crippen molar-refractivity contribution >= 4 is 34.2 Å². The maximum Gasteiger partial charge on any atom is 0.276 e. The fourth-order valence-corrected chi connectivity index (χ4v) is 3.87. The molecule has 0 atom stereocenters. The quantitative estimate of drug-likeness (QED) is 0.732. The van der Waals surface area contributed by atoms with E-state index in [9.17, 15) is 4.79 Å². The van der Waals surface area contributed by atoms with Gasteiger partial charge in [0.15, 0.2) is 0 Å². The summed E-state index contributed by atoms with van der Waals surface area (Å²) in [5, 5.41) is 8.35. The molecule has 1 saturated carbocycles. The molecule has 2 N–H and O–H groups in total. The summed E-state index contributed by atoms with van der Waals surface area (Å²) in [6.45, 7) is 0. The Morgan fingerprint density at radius 2 is 2.00 bits per heavy atom. The number of hydrogen-bond acceptors (Lipinski definition) is 3. The van der Waals surface area contributed by atoms with Crippen LogP contribution < -0.4 is 5.56 Å². The van der Waals surface area contributed by atoms with Crippen molar-refractivity contribution in [3.8, 4) is 0 Å². The van der Waals surface area contributed by atoms with Gasteiger partial charge in [-0.25, -0.2) is 4.98 Å². The van der Waals surface area contributed by atoms with E-state index >= 15 is 0 Å². The first-order valence-electron chi connectivity index (χ1n) is 8.03. The number of halogens is 2. The molecule has 24 heavy (non-hydrogen) atoms. The molecule has 0 spiro atoms. The minimum Gasteiger partial charge on any atom is -0.308 e. The van der Waals surface area contributed by atoms with Crippen molar-refractivity contribution in [3.63, 3.8) is 0 Å². The molecule has 0 unspecified atom stereocenters. The topological polar surface area (TPSA) is 74.4 Å². The average molecular weight is 363 g/mol. The number of fused-ring (bicyclic) bond motifs is 1. The van der Waals surface area contributed by atoms with E-state index in [1.807, 2.05) is 6.07 Å². The summed E-state index contributed by atoms with van der Waals surface area (Å²) in [5.41, 5.74) is 2.72. The normalized spacial score (nSPS) is 15.4. The number of hydrogen-bond donors (Lipinski definition) is 2. The summed E-state index contributed by atoms with van der Waals surface area (Å²) in [6, 6.07) is 5.32. The van der Waals surface area contributed by atoms with Crippen LogP contribution in [0.1, 0.15) is 48.7 Å². The average Bonchev–Trinajstić information content (AvgIpc) is 3.19. The van der Waals surface area contributed by atoms with Gasteiger partial charge in [0, 0.05) is 22.4 Å². The Balaban J connectivity index is 1.76. The van der Waals surface area contributed by atoms with Crippen molar-refractivity contribution in [2.45, 2.75) is 38.0 Å². The molecule has 7 heteroatoms. The van der Waals surface area contributed by atoms with Crippen molar-refractivity contribution in [3.05, 3.63) is 55.7 Å². The first kappa shape index (κ1) is 15.7. The van der Waals surface area contributed by atoms with Gasteiger partial charge >= 0.3 is 0 Å². The Morgan fingerprint density at radius 3 is 2.75 bits per heavy atom. The van der Waals surface area contributed by atoms with Crippen LogP contribution in [0.2, 0.25) is 10.0 Å². The van der Waals surface area contributed by atoms with Crippen LogP contribution in [0.3, 0.4) is 0 Å². The van der Waals surface area contributed by atoms with Crippen LogP contribution in [0, 0.1) is 0 Å². The van der Waals surface area contributed by atoms with Gasteiger partial charge in [-0.1, -0.05) is 42.1 Å². The molecule has 5 nitrogen and oxygen atoms in total. The summed E-state index contributed by atoms with van der Waals surface area (Å²) in [4.78, 5) is 19.8. The number of H-pyrrole nitrogens is 2. The van der Waals surface area contributed by atoms with Gasteiger partial charge in [0.1, 0.15) is 16.9 Å². The molecule has 4 rings (SSSR count). The summed E-state index contributed by atoms with van der Waals surface area (Å²) in [6.07, 6.45) is 5.06. The highest BCUT2D eigenvalue weighted by atomic mass is 35.5. The minimum atomic E-state index is -0.197. The third kappa shape index (κ3) is 2.82. The maximum absolute atomic E-state index is 12.3. The highest BCUT2D eigenvalue weighted by Crippen LogP contribution is 2.35. The van der Waals surface area contributed by atoms with Crippen LogP contribution in [0.15, 0.2) is 23.0 Å². The van der Waals surface area contributed by atoms with E-state index in [0.717, 1.165) is 24.1 Å². The van der Waals surface area contributed by atoms with Gasteiger partial charge in [0.05, 0.1) is 5.69 Å². The van der Waals surface area contributed by atoms with E-state index < -0.39 is 0 Å². The Kier molecular flexibility index (Phi) is 4.06. The highest BCUT2D eigenvalue weighted by molar-refractivity contribution is 6.35. The maximum atomic E-state index is 12.3. The van der Waals surface area contributed by atoms with Crippen molar-refractivity contribution in [1.82, 2.24) is 20.2 Å². The molecule has 0 aliphatic heterocycles. The molecule has 2 heterocycles. The second-order valence-electron chi connectivity index (χ2n) is 6.24. The number of aromatic nitrogens is 4. The van der Waals surface area contributed by atoms with E-state index in [4.69, 9.17) is 23.2 Å². The van der Waals surface area contributed by atoms with Crippen LogP contribution in [-0.4, -0.2) is 20.2 Å². The van der Waals surface area contributed by atoms with Crippen LogP contribution in [0.4, 0.5) is 0 Å². The van der Waals surface area contributed by atoms with Crippen molar-refractivity contribution in [2.24, 2.45) is 0 Å². The second kappa shape index (κ2) is 6.22. The number of aromatic amines is 2. The molecular weight excluding hydrogens is 347 g/mol. The van der Waals surface area contributed by atoms with Crippen LogP contribution in [0.25, 0.3) is 11.0 Å². The summed E-state index contributed by atoms with van der Waals surface area (Å²) in [7, 11) is 0. The second-order valence-corrected chi connectivity index (χ2v) is 7.08. The van der Waals surface area contributed by atoms with E-state index in [-0.39, 0.29) is 5.56 Å². The lowest BCUT2D eigenvalue weighted by molar-refractivity contribution is 0.696. The van der Waals surface area contributed by atoms with E-state index in [1.54, 1.807) is 12.1 Å². The molecule has 3 aromatic rings. The van der Waals surface area contributed by atoms with E-state index in [1.165, 1.54) is 12.8 Å². The van der Waals surface area contributed by atoms with E-state index in [0.29, 0.717) is 39.2 Å². The summed E-state index contributed by atoms with van der Waals surface area (Å²) < 4.78 is 0. The van der Waals surface area contributed by atoms with Gasteiger partial charge in [-0.15, -0.1) is 0 Å². The fourth-order valence-electron chi connectivity index (χ4n) is 3.39. The molecule has 1 fully saturated rings. The van der Waals surface area contributed by atoms with Gasteiger partial charge in [-0.05, 0) is 30.5 Å². The van der Waals surface area contributed by atoms with Gasteiger partial charge < -0.3 is 4.98 Å². The van der Waals surface area contributed by atoms with Crippen LogP contribution >= 0.6 is 23.2 Å². The standard InChI is InChI=1S/C17H16Cl2N4O/c18-11-6-5-10(12(19)8-11)7-13-20-15-14(9-3-1-2-4-9)22-23-16(15)17(24)21-13/h5-6,8-9H,1-4,7H2,(H,22,23)(H,20,21,24). The van der Waals surface area contributed by atoms with Gasteiger partial charge in [0.25, 0.3) is 5.56 Å². The third-order valence-electron chi connectivity index (χ3n) is 4.61. The fraction of sp³-hybridized carbons (Fsp3) is 0.353. The monoisotopic (exact) mass is 362 g/mol.